The van der Waals surface area contributed by atoms with Crippen LogP contribution < -0.4 is 10.6 Å². The Labute approximate surface area is 358 Å². The van der Waals surface area contributed by atoms with E-state index in [0.717, 1.165) is 28.6 Å². The van der Waals surface area contributed by atoms with E-state index < -0.39 is 16.1 Å². The van der Waals surface area contributed by atoms with Crippen molar-refractivity contribution in [3.05, 3.63) is 70.5 Å². The lowest BCUT2D eigenvalue weighted by Gasteiger charge is -2.20. The van der Waals surface area contributed by atoms with Crippen LogP contribution in [0.5, 0.6) is 0 Å². The van der Waals surface area contributed by atoms with Crippen LogP contribution in [0.25, 0.3) is 39.0 Å². The number of benzene rings is 1. The highest BCUT2D eigenvalue weighted by atomic mass is 79.9. The number of fused-ring (bicyclic) bond motifs is 3. The van der Waals surface area contributed by atoms with E-state index in [0.29, 0.717) is 70.6 Å². The van der Waals surface area contributed by atoms with Crippen LogP contribution in [0.1, 0.15) is 67.8 Å². The molecule has 0 unspecified atom stereocenters. The Morgan fingerprint density at radius 2 is 1.22 bits per heavy atom. The van der Waals surface area contributed by atoms with Crippen LogP contribution >= 0.6 is 15.9 Å². The summed E-state index contributed by atoms with van der Waals surface area (Å²) >= 11 is 3.33. The standard InChI is InChI=1S/C25H34N6O2Si.C17H27BrN4O2Si/c1-17-8-9-18-13-27-31(20(18)12-17)21-14-26-23-22(28-21)19(24(32)29-25(2,3)4)15-30(23)16-33-10-11-34(5,6)7;1-17(2,3)21-16(23)12-10-22(11-24-7-8-25(4,5)6)15-14(12)20-13(18)9-19-15/h8-9,12-15H,10-11,16H2,1-7H3,(H,29,32);9-10H,7-8,11H2,1-6H3,(H,21,23). The number of hydrogen-bond acceptors (Lipinski definition) is 9. The normalized spacial score (nSPS) is 12.6. The molecule has 17 heteroatoms. The summed E-state index contributed by atoms with van der Waals surface area (Å²) in [6.07, 6.45) is 8.70. The number of aryl methyl sites for hydroxylation is 1. The lowest BCUT2D eigenvalue weighted by molar-refractivity contribution is 0.0879. The zero-order valence-corrected chi connectivity index (χ0v) is 40.5. The predicted octanol–water partition coefficient (Wildman–Crippen LogP) is 8.95. The van der Waals surface area contributed by atoms with Crippen LogP contribution in [-0.4, -0.2) is 91.1 Å². The average Bonchev–Trinajstić information content (AvgIpc) is 3.79. The molecule has 59 heavy (non-hydrogen) atoms. The second-order valence-corrected chi connectivity index (χ2v) is 31.6. The molecule has 6 rings (SSSR count). The number of carbonyl (C=O) groups is 2. The molecule has 0 saturated carbocycles. The molecule has 0 fully saturated rings. The molecule has 5 heterocycles. The lowest BCUT2D eigenvalue weighted by atomic mass is 10.1. The van der Waals surface area contributed by atoms with Crippen LogP contribution in [0.15, 0.2) is 53.8 Å². The summed E-state index contributed by atoms with van der Waals surface area (Å²) in [5, 5.41) is 11.6. The van der Waals surface area contributed by atoms with Crippen LogP contribution in [0.2, 0.25) is 51.4 Å². The van der Waals surface area contributed by atoms with Gasteiger partial charge < -0.3 is 29.2 Å². The van der Waals surface area contributed by atoms with Gasteiger partial charge in [-0.05, 0) is 88.1 Å². The Balaban J connectivity index is 0.000000236. The number of nitrogens with zero attached hydrogens (tertiary/aromatic N) is 8. The van der Waals surface area contributed by atoms with Crippen molar-refractivity contribution in [1.82, 2.24) is 49.5 Å². The van der Waals surface area contributed by atoms with Gasteiger partial charge in [-0.25, -0.2) is 24.6 Å². The van der Waals surface area contributed by atoms with Gasteiger partial charge in [-0.2, -0.15) is 5.10 Å². The summed E-state index contributed by atoms with van der Waals surface area (Å²) in [6, 6.07) is 8.34. The van der Waals surface area contributed by atoms with E-state index >= 15 is 0 Å². The third-order valence-corrected chi connectivity index (χ3v) is 12.7. The highest BCUT2D eigenvalue weighted by molar-refractivity contribution is 9.10. The molecule has 1 aromatic carbocycles. The van der Waals surface area contributed by atoms with Crippen LogP contribution in [-0.2, 0) is 22.9 Å². The Hall–Kier alpha value is -4.30. The maximum atomic E-state index is 13.2. The molecule has 6 aromatic rings. The molecule has 0 aliphatic carbocycles. The zero-order chi connectivity index (χ0) is 43.5. The second kappa shape index (κ2) is 18.1. The monoisotopic (exact) mass is 904 g/mol. The van der Waals surface area contributed by atoms with Crippen molar-refractivity contribution in [2.75, 3.05) is 13.2 Å². The summed E-state index contributed by atoms with van der Waals surface area (Å²) in [4.78, 5) is 44.1. The number of aromatic nitrogens is 8. The molecular formula is C42H61BrN10O4Si2. The topological polar surface area (TPSA) is 156 Å². The van der Waals surface area contributed by atoms with E-state index in [1.165, 1.54) is 0 Å². The van der Waals surface area contributed by atoms with Crippen molar-refractivity contribution < 1.29 is 19.1 Å². The molecule has 2 amide bonds. The molecule has 5 aromatic heterocycles. The fourth-order valence-electron chi connectivity index (χ4n) is 5.91. The molecule has 0 spiro atoms. The largest absolute Gasteiger partial charge is 0.361 e. The van der Waals surface area contributed by atoms with E-state index in [1.807, 2.05) is 69.9 Å². The van der Waals surface area contributed by atoms with Gasteiger partial charge in [0, 0.05) is 58.2 Å². The van der Waals surface area contributed by atoms with E-state index in [1.54, 1.807) is 29.5 Å². The van der Waals surface area contributed by atoms with Gasteiger partial charge in [-0.3, -0.25) is 9.59 Å². The summed E-state index contributed by atoms with van der Waals surface area (Å²) in [5.74, 6) is 0.215. The molecular weight excluding hydrogens is 845 g/mol. The Morgan fingerprint density at radius 3 is 1.71 bits per heavy atom. The minimum atomic E-state index is -1.19. The predicted molar refractivity (Wildman–Crippen MR) is 245 cm³/mol. The summed E-state index contributed by atoms with van der Waals surface area (Å²) in [7, 11) is -2.32. The molecule has 14 nitrogen and oxygen atoms in total. The first kappa shape index (κ1) is 45.8. The third-order valence-electron chi connectivity index (χ3n) is 8.95. The number of ether oxygens (including phenoxy) is 2. The van der Waals surface area contributed by atoms with E-state index in [4.69, 9.17) is 14.5 Å². The first-order valence-electron chi connectivity index (χ1n) is 20.0. The van der Waals surface area contributed by atoms with Crippen molar-refractivity contribution in [2.45, 2.75) is 124 Å². The van der Waals surface area contributed by atoms with Gasteiger partial charge in [0.1, 0.15) is 29.1 Å². The Bertz CT molecular complexity index is 2430. The van der Waals surface area contributed by atoms with Gasteiger partial charge in [0.15, 0.2) is 17.1 Å². The minimum Gasteiger partial charge on any atom is -0.361 e. The summed E-state index contributed by atoms with van der Waals surface area (Å²) in [5.41, 5.74) is 4.73. The fourth-order valence-corrected chi connectivity index (χ4v) is 7.71. The summed E-state index contributed by atoms with van der Waals surface area (Å²) < 4.78 is 17.8. The van der Waals surface area contributed by atoms with Gasteiger partial charge in [0.2, 0.25) is 0 Å². The highest BCUT2D eigenvalue weighted by Gasteiger charge is 2.24. The Morgan fingerprint density at radius 1 is 0.729 bits per heavy atom. The van der Waals surface area contributed by atoms with Crippen molar-refractivity contribution in [1.29, 1.82) is 0 Å². The van der Waals surface area contributed by atoms with Crippen molar-refractivity contribution >= 4 is 77.1 Å². The molecule has 0 radical (unpaired) electrons. The number of hydrogen-bond donors (Lipinski definition) is 2. The van der Waals surface area contributed by atoms with Crippen molar-refractivity contribution in [3.8, 4) is 5.82 Å². The van der Waals surface area contributed by atoms with Gasteiger partial charge >= 0.3 is 0 Å². The number of halogens is 1. The molecule has 0 saturated heterocycles. The van der Waals surface area contributed by atoms with E-state index in [-0.39, 0.29) is 22.9 Å². The average molecular weight is 906 g/mol. The van der Waals surface area contributed by atoms with E-state index in [9.17, 15) is 9.59 Å². The smallest absolute Gasteiger partial charge is 0.255 e. The van der Waals surface area contributed by atoms with Gasteiger partial charge in [0.25, 0.3) is 11.8 Å². The maximum Gasteiger partial charge on any atom is 0.255 e. The molecule has 2 N–H and O–H groups in total. The first-order valence-corrected chi connectivity index (χ1v) is 28.2. The molecule has 0 aliphatic rings. The zero-order valence-electron chi connectivity index (χ0n) is 37.0. The highest BCUT2D eigenvalue weighted by Crippen LogP contribution is 2.24. The summed E-state index contributed by atoms with van der Waals surface area (Å²) in [6.45, 7) is 29.8. The number of amides is 2. The van der Waals surface area contributed by atoms with Crippen LogP contribution in [0.3, 0.4) is 0 Å². The second-order valence-electron chi connectivity index (χ2n) is 19.5. The van der Waals surface area contributed by atoms with Gasteiger partial charge in [-0.1, -0.05) is 51.4 Å². The van der Waals surface area contributed by atoms with Crippen molar-refractivity contribution in [2.24, 2.45) is 0 Å². The minimum absolute atomic E-state index is 0.161. The molecule has 0 aliphatic heterocycles. The van der Waals surface area contributed by atoms with Crippen LogP contribution in [0.4, 0.5) is 0 Å². The molecule has 0 atom stereocenters. The number of carbonyl (C=O) groups excluding carboxylic acids is 2. The van der Waals surface area contributed by atoms with Gasteiger partial charge in [0.05, 0.1) is 35.2 Å². The molecule has 318 valence electrons. The first-order chi connectivity index (χ1) is 27.4. The van der Waals surface area contributed by atoms with Crippen molar-refractivity contribution in [3.63, 3.8) is 0 Å². The Kier molecular flexibility index (Phi) is 14.1. The van der Waals surface area contributed by atoms with Gasteiger partial charge in [-0.15, -0.1) is 0 Å². The number of nitrogens with one attached hydrogen (secondary N) is 2. The third kappa shape index (κ3) is 12.8. The maximum absolute atomic E-state index is 13.2. The fraction of sp³-hybridized carbons (Fsp3) is 0.500. The van der Waals surface area contributed by atoms with Crippen LogP contribution in [0, 0.1) is 6.92 Å². The lowest BCUT2D eigenvalue weighted by Crippen LogP contribution is -2.40. The van der Waals surface area contributed by atoms with E-state index in [2.05, 4.69) is 98.0 Å². The quantitative estimate of drug-likeness (QED) is 0.0854. The molecule has 0 bridgehead atoms. The SMILES string of the molecule is CC(C)(C)NC(=O)c1cn(COCC[Si](C)(C)C)c2ncc(Br)nc12.Cc1ccc2cnn(-c3cnc4c(n3)c(C(=O)NC(C)(C)C)cn4COCC[Si](C)(C)C)c2c1. The number of rotatable bonds is 13.